The average Bonchev–Trinajstić information content (AvgIpc) is 3.80. The molecule has 4 aromatic rings. The molecule has 0 bridgehead atoms. The fourth-order valence-electron chi connectivity index (χ4n) is 6.58. The van der Waals surface area contributed by atoms with Gasteiger partial charge in [-0.3, -0.25) is 9.69 Å². The van der Waals surface area contributed by atoms with E-state index in [4.69, 9.17) is 27.1 Å². The lowest BCUT2D eigenvalue weighted by Gasteiger charge is -2.31. The Morgan fingerprint density at radius 1 is 1.20 bits per heavy atom. The van der Waals surface area contributed by atoms with Gasteiger partial charge in [0.2, 0.25) is 5.91 Å². The number of nitrogens with two attached hydrogens (primary N) is 1. The van der Waals surface area contributed by atoms with Crippen molar-refractivity contribution in [3.05, 3.63) is 47.5 Å². The van der Waals surface area contributed by atoms with Crippen molar-refractivity contribution in [3.8, 4) is 17.1 Å². The summed E-state index contributed by atoms with van der Waals surface area (Å²) in [6.45, 7) is 15.6. The number of benzene rings is 2. The third kappa shape index (κ3) is 8.50. The van der Waals surface area contributed by atoms with Crippen LogP contribution in [0.5, 0.6) is 6.01 Å². The van der Waals surface area contributed by atoms with Crippen LogP contribution in [-0.4, -0.2) is 76.9 Å². The number of aromatic nitrogens is 3. The van der Waals surface area contributed by atoms with Gasteiger partial charge in [-0.05, 0) is 63.4 Å². The predicted octanol–water partition coefficient (Wildman–Crippen LogP) is 7.57. The number of anilines is 2. The zero-order chi connectivity index (χ0) is 36.4. The zero-order valence-corrected chi connectivity index (χ0v) is 30.7. The number of aldehydes is 1. The summed E-state index contributed by atoms with van der Waals surface area (Å²) in [4.78, 5) is 37.9. The summed E-state index contributed by atoms with van der Waals surface area (Å²) in [5, 5.41) is 3.27. The number of hydrogen-bond donors (Lipinski definition) is 2. The molecule has 0 saturated carbocycles. The Bertz CT molecular complexity index is 1810. The van der Waals surface area contributed by atoms with Crippen molar-refractivity contribution in [3.63, 3.8) is 0 Å². The first-order valence-corrected chi connectivity index (χ1v) is 18.3. The van der Waals surface area contributed by atoms with Crippen molar-refractivity contribution in [1.29, 1.82) is 0 Å². The van der Waals surface area contributed by atoms with Crippen molar-refractivity contribution in [2.75, 3.05) is 50.0 Å². The molecule has 0 aliphatic carbocycles. The summed E-state index contributed by atoms with van der Waals surface area (Å²) in [7, 11) is 0. The molecule has 6 rings (SSSR count). The molecule has 0 atom stereocenters. The molecule has 14 heteroatoms. The topological polar surface area (TPSA) is 127 Å². The zero-order valence-electron chi connectivity index (χ0n) is 29.2. The number of rotatable bonds is 12. The van der Waals surface area contributed by atoms with E-state index in [2.05, 4.69) is 33.7 Å². The van der Waals surface area contributed by atoms with Gasteiger partial charge < -0.3 is 25.5 Å². The number of nitrogens with one attached hydrogen (secondary N) is 1. The summed E-state index contributed by atoms with van der Waals surface area (Å²) < 4.78 is 37.6. The van der Waals surface area contributed by atoms with Gasteiger partial charge in [-0.2, -0.15) is 9.97 Å². The van der Waals surface area contributed by atoms with Crippen molar-refractivity contribution in [1.82, 2.24) is 25.2 Å². The second-order valence-corrected chi connectivity index (χ2v) is 13.4. The fourth-order valence-corrected chi connectivity index (χ4v) is 7.64. The van der Waals surface area contributed by atoms with Gasteiger partial charge in [0.25, 0.3) is 0 Å². The van der Waals surface area contributed by atoms with E-state index in [0.717, 1.165) is 62.8 Å². The highest BCUT2D eigenvalue weighted by Crippen LogP contribution is 2.43. The minimum absolute atomic E-state index is 0.0172. The molecular weight excluding hydrogens is 684 g/mol. The lowest BCUT2D eigenvalue weighted by atomic mass is 9.95. The van der Waals surface area contributed by atoms with Crippen LogP contribution in [0.4, 0.5) is 19.7 Å². The van der Waals surface area contributed by atoms with Crippen LogP contribution in [0.2, 0.25) is 5.02 Å². The van der Waals surface area contributed by atoms with Gasteiger partial charge in [-0.1, -0.05) is 49.8 Å². The Morgan fingerprint density at radius 3 is 2.56 bits per heavy atom. The van der Waals surface area contributed by atoms with Crippen LogP contribution in [0.3, 0.4) is 0 Å². The fraction of sp³-hybridized carbons (Fsp3) is 0.472. The van der Waals surface area contributed by atoms with Gasteiger partial charge in [-0.25, -0.2) is 13.8 Å². The monoisotopic (exact) mass is 729 g/mol. The van der Waals surface area contributed by atoms with E-state index in [1.54, 1.807) is 12.1 Å². The van der Waals surface area contributed by atoms with Gasteiger partial charge in [0.05, 0.1) is 20.8 Å². The normalized spacial score (nSPS) is 14.7. The smallest absolute Gasteiger partial charge is 0.319 e. The Kier molecular flexibility index (Phi) is 13.8. The van der Waals surface area contributed by atoms with Crippen LogP contribution in [0.1, 0.15) is 66.2 Å². The maximum Gasteiger partial charge on any atom is 0.319 e. The molecule has 0 spiro atoms. The number of carbonyl (C=O) groups excluding carboxylic acids is 2. The summed E-state index contributed by atoms with van der Waals surface area (Å²) in [6, 6.07) is 4.53. The maximum atomic E-state index is 16.6. The molecule has 1 amide bonds. The van der Waals surface area contributed by atoms with Crippen molar-refractivity contribution >= 4 is 67.2 Å². The number of thiazole rings is 1. The van der Waals surface area contributed by atoms with E-state index in [0.29, 0.717) is 49.4 Å². The third-order valence-electron chi connectivity index (χ3n) is 8.68. The van der Waals surface area contributed by atoms with E-state index in [1.165, 1.54) is 19.1 Å². The van der Waals surface area contributed by atoms with Gasteiger partial charge in [0, 0.05) is 49.5 Å². The minimum Gasteiger partial charge on any atom is -0.461 e. The molecule has 270 valence electrons. The Morgan fingerprint density at radius 2 is 1.92 bits per heavy atom. The number of halogens is 3. The van der Waals surface area contributed by atoms with Gasteiger partial charge >= 0.3 is 6.01 Å². The molecule has 3 N–H and O–H groups in total. The van der Waals surface area contributed by atoms with Gasteiger partial charge in [0.1, 0.15) is 30.0 Å². The molecule has 2 fully saturated rings. The highest BCUT2D eigenvalue weighted by Gasteiger charge is 2.45. The van der Waals surface area contributed by atoms with Crippen LogP contribution in [0.25, 0.3) is 32.2 Å². The number of nitrogen functional groups attached to an aromatic ring is 1. The Hall–Kier alpha value is -3.94. The van der Waals surface area contributed by atoms with Gasteiger partial charge in [0.15, 0.2) is 10.9 Å². The summed E-state index contributed by atoms with van der Waals surface area (Å²) in [6.07, 6.45) is 8.22. The molecule has 0 radical (unpaired) electrons. The average molecular weight is 730 g/mol. The standard InChI is InChI=1S/C29H31ClF2N6OS.C5H9NO2.C2H6/c1-3-11-37(12-4-2)26-18-15-19(30)21(17-7-8-20(31)25-24(17)34-27(33)40-25)22(32)23(18)35-28(36-26)39-16-29-9-5-13-38(29)14-6-10-29;1-5(8)6-3-2-4-7;1-2/h3,7-8,15H,1,4-6,9-14,16H2,2H3,(H2,33,34);4H,2-3H2,1H3,(H,6,8);1-2H3. The number of nitrogens with zero attached hydrogens (tertiary/aromatic N) is 5. The molecule has 4 heterocycles. The first-order chi connectivity index (χ1) is 24.1. The van der Waals surface area contributed by atoms with Crippen LogP contribution in [0.15, 0.2) is 30.9 Å². The minimum atomic E-state index is -0.646. The van der Waals surface area contributed by atoms with Crippen molar-refractivity contribution in [2.45, 2.75) is 71.8 Å². The quantitative estimate of drug-likeness (QED) is 0.0863. The molecule has 2 saturated heterocycles. The SMILES string of the molecule is C=CCN(CCC)c1nc(OCC23CCCN2CCC3)nc2c(F)c(-c3ccc(F)c4sc(N)nc34)c(Cl)cc12.CC.CC(=O)NCCC=O. The molecule has 2 aromatic carbocycles. The first kappa shape index (κ1) is 38.9. The van der Waals surface area contributed by atoms with E-state index < -0.39 is 11.6 Å². The van der Waals surface area contributed by atoms with E-state index in [1.807, 2.05) is 18.7 Å². The van der Waals surface area contributed by atoms with E-state index in [9.17, 15) is 14.0 Å². The van der Waals surface area contributed by atoms with E-state index in [-0.39, 0.29) is 48.9 Å². The number of hydrogen-bond acceptors (Lipinski definition) is 10. The molecule has 2 aliphatic heterocycles. The lowest BCUT2D eigenvalue weighted by molar-refractivity contribution is -0.119. The molecule has 50 heavy (non-hydrogen) atoms. The first-order valence-electron chi connectivity index (χ1n) is 17.1. The Balaban J connectivity index is 0.000000497. The number of carbonyl (C=O) groups is 2. The van der Waals surface area contributed by atoms with Crippen LogP contribution < -0.4 is 20.7 Å². The number of fused-ring (bicyclic) bond motifs is 3. The molecule has 10 nitrogen and oxygen atoms in total. The summed E-state index contributed by atoms with van der Waals surface area (Å²) >= 11 is 7.76. The van der Waals surface area contributed by atoms with Crippen LogP contribution in [-0.2, 0) is 9.59 Å². The lowest BCUT2D eigenvalue weighted by Crippen LogP contribution is -2.43. The van der Waals surface area contributed by atoms with Crippen molar-refractivity contribution in [2.24, 2.45) is 0 Å². The maximum absolute atomic E-state index is 16.6. The van der Waals surface area contributed by atoms with Crippen LogP contribution in [0, 0.1) is 11.6 Å². The van der Waals surface area contributed by atoms with Crippen LogP contribution >= 0.6 is 22.9 Å². The van der Waals surface area contributed by atoms with Crippen molar-refractivity contribution < 1.29 is 23.1 Å². The third-order valence-corrected chi connectivity index (χ3v) is 9.87. The van der Waals surface area contributed by atoms with Gasteiger partial charge in [-0.15, -0.1) is 6.58 Å². The highest BCUT2D eigenvalue weighted by molar-refractivity contribution is 7.22. The highest BCUT2D eigenvalue weighted by atomic mass is 35.5. The number of amides is 1. The number of ether oxygens (including phenoxy) is 1. The molecule has 2 aliphatic rings. The second kappa shape index (κ2) is 17.8. The summed E-state index contributed by atoms with van der Waals surface area (Å²) in [5.74, 6) is -0.681. The largest absolute Gasteiger partial charge is 0.461 e. The predicted molar refractivity (Wildman–Crippen MR) is 199 cm³/mol. The molecular formula is C36H46ClF2N7O3S. The van der Waals surface area contributed by atoms with E-state index >= 15 is 4.39 Å². The second-order valence-electron chi connectivity index (χ2n) is 12.0. The Labute approximate surface area is 301 Å². The summed E-state index contributed by atoms with van der Waals surface area (Å²) in [5.41, 5.74) is 6.64. The molecule has 0 unspecified atom stereocenters. The molecule has 2 aromatic heterocycles.